The van der Waals surface area contributed by atoms with Gasteiger partial charge in [-0.1, -0.05) is 30.3 Å². The van der Waals surface area contributed by atoms with Crippen LogP contribution in [0.1, 0.15) is 17.5 Å². The minimum atomic E-state index is -0.973. The summed E-state index contributed by atoms with van der Waals surface area (Å²) in [6.45, 7) is 0. The summed E-state index contributed by atoms with van der Waals surface area (Å²) in [5.74, 6) is -1.08. The van der Waals surface area contributed by atoms with E-state index in [1.165, 1.54) is 18.0 Å². The van der Waals surface area contributed by atoms with Gasteiger partial charge in [0.05, 0.1) is 13.2 Å². The lowest BCUT2D eigenvalue weighted by atomic mass is 10.0. The number of aromatic amines is 1. The number of H-pyrrole nitrogens is 1. The number of carbonyl (C=O) groups is 2. The Labute approximate surface area is 151 Å². The van der Waals surface area contributed by atoms with Gasteiger partial charge in [0.2, 0.25) is 5.91 Å². The van der Waals surface area contributed by atoms with Crippen LogP contribution >= 0.6 is 0 Å². The molecule has 0 fully saturated rings. The minimum absolute atomic E-state index is 0.0278. The van der Waals surface area contributed by atoms with Crippen LogP contribution < -0.4 is 16.6 Å². The van der Waals surface area contributed by atoms with Crippen molar-refractivity contribution in [1.82, 2.24) is 15.1 Å². The maximum atomic E-state index is 12.3. The van der Waals surface area contributed by atoms with Crippen molar-refractivity contribution < 1.29 is 14.3 Å². The number of hydrogen-bond donors (Lipinski definition) is 3. The number of methoxy groups -OCH3 is 1. The van der Waals surface area contributed by atoms with Crippen molar-refractivity contribution in [2.45, 2.75) is 31.3 Å². The SMILES string of the molecule is COC(=O)[C@@H](Cc1c[nH]n(C)c1=O)NC(=O)[C@H](N)CCc1ccccc1. The van der Waals surface area contributed by atoms with Gasteiger partial charge in [-0.25, -0.2) is 4.79 Å². The highest BCUT2D eigenvalue weighted by molar-refractivity contribution is 5.87. The molecule has 2 rings (SSSR count). The molecule has 0 bridgehead atoms. The molecule has 0 radical (unpaired) electrons. The molecule has 140 valence electrons. The van der Waals surface area contributed by atoms with E-state index in [4.69, 9.17) is 10.5 Å². The van der Waals surface area contributed by atoms with Gasteiger partial charge in [-0.05, 0) is 18.4 Å². The summed E-state index contributed by atoms with van der Waals surface area (Å²) < 4.78 is 6.02. The smallest absolute Gasteiger partial charge is 0.328 e. The van der Waals surface area contributed by atoms with Crippen molar-refractivity contribution in [3.05, 3.63) is 58.0 Å². The number of esters is 1. The second kappa shape index (κ2) is 9.00. The number of ether oxygens (including phenoxy) is 1. The average Bonchev–Trinajstić information content (AvgIpc) is 2.97. The molecule has 1 aromatic carbocycles. The van der Waals surface area contributed by atoms with Crippen molar-refractivity contribution in [3.63, 3.8) is 0 Å². The molecule has 4 N–H and O–H groups in total. The number of nitrogens with two attached hydrogens (primary N) is 1. The molecular formula is C18H24N4O4. The van der Waals surface area contributed by atoms with Crippen molar-refractivity contribution in [1.29, 1.82) is 0 Å². The Bertz CT molecular complexity index is 797. The second-order valence-corrected chi connectivity index (χ2v) is 6.08. The highest BCUT2D eigenvalue weighted by atomic mass is 16.5. The Morgan fingerprint density at radius 2 is 2.00 bits per heavy atom. The van der Waals surface area contributed by atoms with Crippen LogP contribution in [-0.4, -0.2) is 40.9 Å². The van der Waals surface area contributed by atoms with Crippen LogP contribution in [0.3, 0.4) is 0 Å². The van der Waals surface area contributed by atoms with Crippen molar-refractivity contribution in [3.8, 4) is 0 Å². The Kier molecular flexibility index (Phi) is 6.74. The molecule has 0 aliphatic carbocycles. The second-order valence-electron chi connectivity index (χ2n) is 6.08. The highest BCUT2D eigenvalue weighted by Crippen LogP contribution is 2.05. The molecule has 8 nitrogen and oxygen atoms in total. The Morgan fingerprint density at radius 1 is 1.31 bits per heavy atom. The van der Waals surface area contributed by atoms with E-state index in [0.29, 0.717) is 18.4 Å². The monoisotopic (exact) mass is 360 g/mol. The normalized spacial score (nSPS) is 13.0. The van der Waals surface area contributed by atoms with Gasteiger partial charge in [-0.2, -0.15) is 0 Å². The Morgan fingerprint density at radius 3 is 2.58 bits per heavy atom. The molecular weight excluding hydrogens is 336 g/mol. The van der Waals surface area contributed by atoms with Crippen molar-refractivity contribution >= 4 is 11.9 Å². The van der Waals surface area contributed by atoms with Gasteiger partial charge < -0.3 is 20.9 Å². The largest absolute Gasteiger partial charge is 0.467 e. The summed E-state index contributed by atoms with van der Waals surface area (Å²) in [6, 6.07) is 7.95. The predicted molar refractivity (Wildman–Crippen MR) is 96.4 cm³/mol. The molecule has 1 amide bonds. The number of hydrogen-bond acceptors (Lipinski definition) is 5. The fourth-order valence-electron chi connectivity index (χ4n) is 2.59. The molecule has 1 heterocycles. The summed E-state index contributed by atoms with van der Waals surface area (Å²) in [5, 5.41) is 5.32. The lowest BCUT2D eigenvalue weighted by Crippen LogP contribution is -2.50. The number of aromatic nitrogens is 2. The van der Waals surface area contributed by atoms with Crippen LogP contribution in [0.25, 0.3) is 0 Å². The zero-order chi connectivity index (χ0) is 19.1. The van der Waals surface area contributed by atoms with E-state index in [-0.39, 0.29) is 12.0 Å². The lowest BCUT2D eigenvalue weighted by molar-refractivity contribution is -0.145. The minimum Gasteiger partial charge on any atom is -0.467 e. The average molecular weight is 360 g/mol. The van der Waals surface area contributed by atoms with E-state index in [1.807, 2.05) is 30.3 Å². The number of aryl methyl sites for hydroxylation is 2. The Balaban J connectivity index is 1.98. The lowest BCUT2D eigenvalue weighted by Gasteiger charge is -2.18. The number of amides is 1. The van der Waals surface area contributed by atoms with Crippen molar-refractivity contribution in [2.24, 2.45) is 12.8 Å². The standard InChI is InChI=1S/C18H24N4O4/c1-22-17(24)13(11-20-22)10-15(18(25)26-2)21-16(23)14(19)9-8-12-6-4-3-5-7-12/h3-7,11,14-15,20H,8-10,19H2,1-2H3,(H,21,23)/t14-,15-/m1/s1. The molecule has 0 saturated heterocycles. The number of nitrogens with zero attached hydrogens (tertiary/aromatic N) is 1. The van der Waals surface area contributed by atoms with E-state index < -0.39 is 24.0 Å². The molecule has 2 atom stereocenters. The number of nitrogens with one attached hydrogen (secondary N) is 2. The van der Waals surface area contributed by atoms with Gasteiger partial charge in [0.1, 0.15) is 6.04 Å². The molecule has 26 heavy (non-hydrogen) atoms. The maximum absolute atomic E-state index is 12.3. The first kappa shape index (κ1) is 19.5. The first-order valence-electron chi connectivity index (χ1n) is 8.33. The fraction of sp³-hybridized carbons (Fsp3) is 0.389. The molecule has 1 aromatic heterocycles. The highest BCUT2D eigenvalue weighted by Gasteiger charge is 2.26. The van der Waals surface area contributed by atoms with Crippen LogP contribution in [0.2, 0.25) is 0 Å². The number of rotatable bonds is 8. The van der Waals surface area contributed by atoms with Gasteiger partial charge in [0.25, 0.3) is 5.56 Å². The third-order valence-corrected chi connectivity index (χ3v) is 4.16. The molecule has 0 spiro atoms. The molecule has 0 aliphatic rings. The van der Waals surface area contributed by atoms with Crippen LogP contribution in [0.4, 0.5) is 0 Å². The zero-order valence-electron chi connectivity index (χ0n) is 14.9. The Hall–Kier alpha value is -2.87. The van der Waals surface area contributed by atoms with Crippen LogP contribution in [0, 0.1) is 0 Å². The fourth-order valence-corrected chi connectivity index (χ4v) is 2.59. The number of carbonyl (C=O) groups excluding carboxylic acids is 2. The van der Waals surface area contributed by atoms with Crippen LogP contribution in [-0.2, 0) is 34.2 Å². The maximum Gasteiger partial charge on any atom is 0.328 e. The predicted octanol–water partition coefficient (Wildman–Crippen LogP) is -0.126. The van der Waals surface area contributed by atoms with Crippen molar-refractivity contribution in [2.75, 3.05) is 7.11 Å². The summed E-state index contributed by atoms with van der Waals surface area (Å²) in [5.41, 5.74) is 7.14. The zero-order valence-corrected chi connectivity index (χ0v) is 14.9. The quantitative estimate of drug-likeness (QED) is 0.567. The third kappa shape index (κ3) is 5.06. The molecule has 0 unspecified atom stereocenters. The van der Waals surface area contributed by atoms with Crippen LogP contribution in [0.15, 0.2) is 41.3 Å². The topological polar surface area (TPSA) is 119 Å². The van der Waals surface area contributed by atoms with Gasteiger partial charge >= 0.3 is 5.97 Å². The summed E-state index contributed by atoms with van der Waals surface area (Å²) >= 11 is 0. The van der Waals surface area contributed by atoms with E-state index in [2.05, 4.69) is 10.4 Å². The van der Waals surface area contributed by atoms with E-state index >= 15 is 0 Å². The van der Waals surface area contributed by atoms with E-state index in [1.54, 1.807) is 7.05 Å². The first-order chi connectivity index (χ1) is 12.4. The summed E-state index contributed by atoms with van der Waals surface area (Å²) in [7, 11) is 2.79. The molecule has 0 saturated carbocycles. The molecule has 0 aliphatic heterocycles. The molecule has 8 heteroatoms. The summed E-state index contributed by atoms with van der Waals surface area (Å²) in [6.07, 6.45) is 2.62. The number of benzene rings is 1. The van der Waals surface area contributed by atoms with Gasteiger partial charge in [0.15, 0.2) is 0 Å². The summed E-state index contributed by atoms with van der Waals surface area (Å²) in [4.78, 5) is 36.3. The third-order valence-electron chi connectivity index (χ3n) is 4.16. The van der Waals surface area contributed by atoms with Crippen LogP contribution in [0.5, 0.6) is 0 Å². The van der Waals surface area contributed by atoms with Gasteiger partial charge in [0, 0.05) is 25.2 Å². The molecule has 2 aromatic rings. The van der Waals surface area contributed by atoms with Gasteiger partial charge in [-0.15, -0.1) is 0 Å². The first-order valence-corrected chi connectivity index (χ1v) is 8.33. The van der Waals surface area contributed by atoms with E-state index in [0.717, 1.165) is 5.56 Å². The van der Waals surface area contributed by atoms with Gasteiger partial charge in [-0.3, -0.25) is 14.3 Å². The van der Waals surface area contributed by atoms with E-state index in [9.17, 15) is 14.4 Å².